The smallest absolute Gasteiger partial charge is 0.243 e. The third-order valence-electron chi connectivity index (χ3n) is 8.15. The quantitative estimate of drug-likeness (QED) is 0.178. The van der Waals surface area contributed by atoms with Gasteiger partial charge in [0.25, 0.3) is 0 Å². The number of fused-ring (bicyclic) bond motifs is 1. The summed E-state index contributed by atoms with van der Waals surface area (Å²) in [6, 6.07) is 19.6. The average molecular weight is 700 g/mol. The monoisotopic (exact) mass is 699 g/mol. The standard InChI is InChI=1S/C35H46FN5O5S2/c1-24(2)21-41(48(45,46)28-14-15-30-32(18-28)47-23-40(30)5)22-31(42)29(16-25-10-7-6-8-11-25)39-34(44)19-37-33(43)20-38-35(3,4)26-12-9-13-27(36)17-26/h6-15,17-18,24,29,31,38,42H,16,19-23H2,1-5H3,(H,37,43)(H,39,44)/t29-,31+/m0/s1. The Kier molecular flexibility index (Phi) is 12.7. The van der Waals surface area contributed by atoms with E-state index in [4.69, 9.17) is 0 Å². The topological polar surface area (TPSA) is 131 Å². The molecule has 1 heterocycles. The first-order valence-electron chi connectivity index (χ1n) is 15.9. The molecule has 2 amide bonds. The van der Waals surface area contributed by atoms with Gasteiger partial charge < -0.3 is 20.6 Å². The van der Waals surface area contributed by atoms with Crippen LogP contribution in [0.4, 0.5) is 10.1 Å². The molecule has 0 unspecified atom stereocenters. The predicted molar refractivity (Wildman–Crippen MR) is 188 cm³/mol. The van der Waals surface area contributed by atoms with Crippen LogP contribution in [0.3, 0.4) is 0 Å². The van der Waals surface area contributed by atoms with Gasteiger partial charge in [-0.15, -0.1) is 11.8 Å². The predicted octanol–water partition coefficient (Wildman–Crippen LogP) is 3.70. The lowest BCUT2D eigenvalue weighted by Crippen LogP contribution is -2.53. The molecule has 0 aliphatic carbocycles. The summed E-state index contributed by atoms with van der Waals surface area (Å²) in [6.07, 6.45) is -1.02. The molecule has 10 nitrogen and oxygen atoms in total. The minimum absolute atomic E-state index is 0.0289. The summed E-state index contributed by atoms with van der Waals surface area (Å²) in [7, 11) is -2.03. The van der Waals surface area contributed by atoms with Gasteiger partial charge in [-0.05, 0) is 67.6 Å². The summed E-state index contributed by atoms with van der Waals surface area (Å²) in [5.74, 6) is -0.652. The largest absolute Gasteiger partial charge is 0.390 e. The molecule has 4 N–H and O–H groups in total. The van der Waals surface area contributed by atoms with Crippen LogP contribution in [0.2, 0.25) is 0 Å². The van der Waals surface area contributed by atoms with Gasteiger partial charge >= 0.3 is 0 Å². The van der Waals surface area contributed by atoms with Gasteiger partial charge in [-0.1, -0.05) is 56.3 Å². The highest BCUT2D eigenvalue weighted by Gasteiger charge is 2.32. The number of rotatable bonds is 16. The van der Waals surface area contributed by atoms with Gasteiger partial charge in [-0.2, -0.15) is 4.31 Å². The second-order valence-electron chi connectivity index (χ2n) is 13.0. The zero-order valence-electron chi connectivity index (χ0n) is 28.1. The Morgan fingerprint density at radius 1 is 1.00 bits per heavy atom. The van der Waals surface area contributed by atoms with E-state index in [1.807, 2.05) is 65.1 Å². The molecule has 260 valence electrons. The molecule has 48 heavy (non-hydrogen) atoms. The van der Waals surface area contributed by atoms with Crippen molar-refractivity contribution < 1.29 is 27.5 Å². The second-order valence-corrected chi connectivity index (χ2v) is 15.9. The molecule has 0 radical (unpaired) electrons. The Morgan fingerprint density at radius 3 is 2.42 bits per heavy atom. The molecule has 13 heteroatoms. The van der Waals surface area contributed by atoms with Crippen LogP contribution in [0.1, 0.15) is 38.8 Å². The number of nitrogens with zero attached hydrogens (tertiary/aromatic N) is 2. The number of carbonyl (C=O) groups excluding carboxylic acids is 2. The number of carbonyl (C=O) groups is 2. The maximum absolute atomic E-state index is 13.9. The Labute approximate surface area is 287 Å². The SMILES string of the molecule is CC(C)CN(C[C@@H](O)[C@H](Cc1ccccc1)NC(=O)CNC(=O)CNC(C)(C)c1cccc(F)c1)S(=O)(=O)c1ccc2c(c1)SCN2C. The number of halogens is 1. The van der Waals surface area contributed by atoms with Crippen molar-refractivity contribution >= 4 is 39.3 Å². The Morgan fingerprint density at radius 2 is 1.73 bits per heavy atom. The van der Waals surface area contributed by atoms with Crippen molar-refractivity contribution in [2.75, 3.05) is 44.0 Å². The van der Waals surface area contributed by atoms with Gasteiger partial charge in [0.05, 0.1) is 41.7 Å². The number of hydrogen-bond acceptors (Lipinski definition) is 8. The van der Waals surface area contributed by atoms with Crippen molar-refractivity contribution in [2.24, 2.45) is 5.92 Å². The van der Waals surface area contributed by atoms with Crippen molar-refractivity contribution in [3.63, 3.8) is 0 Å². The van der Waals surface area contributed by atoms with E-state index in [1.165, 1.54) is 16.4 Å². The molecule has 0 spiro atoms. The summed E-state index contributed by atoms with van der Waals surface area (Å²) in [5.41, 5.74) is 1.77. The highest BCUT2D eigenvalue weighted by Crippen LogP contribution is 2.39. The second kappa shape index (κ2) is 16.3. The van der Waals surface area contributed by atoms with Crippen molar-refractivity contribution in [3.05, 3.63) is 89.7 Å². The van der Waals surface area contributed by atoms with Gasteiger partial charge in [0.1, 0.15) is 5.82 Å². The van der Waals surface area contributed by atoms with Crippen LogP contribution in [-0.2, 0) is 31.6 Å². The van der Waals surface area contributed by atoms with Crippen LogP contribution in [-0.4, -0.2) is 80.9 Å². The van der Waals surface area contributed by atoms with Crippen molar-refractivity contribution in [2.45, 2.75) is 61.6 Å². The third-order valence-corrected chi connectivity index (χ3v) is 11.1. The molecule has 3 aromatic rings. The first-order valence-corrected chi connectivity index (χ1v) is 18.4. The number of sulfonamides is 1. The van der Waals surface area contributed by atoms with E-state index in [1.54, 1.807) is 42.1 Å². The van der Waals surface area contributed by atoms with E-state index >= 15 is 0 Å². The summed E-state index contributed by atoms with van der Waals surface area (Å²) >= 11 is 1.57. The van der Waals surface area contributed by atoms with E-state index in [9.17, 15) is 27.5 Å². The molecular weight excluding hydrogens is 654 g/mol. The molecule has 0 saturated heterocycles. The zero-order chi connectivity index (χ0) is 35.1. The number of anilines is 1. The lowest BCUT2D eigenvalue weighted by Gasteiger charge is -2.31. The first kappa shape index (κ1) is 37.3. The molecular formula is C35H46FN5O5S2. The van der Waals surface area contributed by atoms with Crippen molar-refractivity contribution in [1.82, 2.24) is 20.3 Å². The summed E-state index contributed by atoms with van der Waals surface area (Å²) in [4.78, 5) is 28.8. The number of nitrogens with one attached hydrogen (secondary N) is 3. The molecule has 0 saturated carbocycles. The highest BCUT2D eigenvalue weighted by molar-refractivity contribution is 8.00. The number of aliphatic hydroxyl groups is 1. The first-order chi connectivity index (χ1) is 22.7. The lowest BCUT2D eigenvalue weighted by atomic mass is 9.94. The van der Waals surface area contributed by atoms with E-state index < -0.39 is 39.5 Å². The number of amides is 2. The molecule has 1 aliphatic rings. The van der Waals surface area contributed by atoms with Gasteiger partial charge in [-0.25, -0.2) is 12.8 Å². The number of hydrogen-bond donors (Lipinski definition) is 4. The third kappa shape index (κ3) is 10.0. The number of benzene rings is 3. The molecule has 0 bridgehead atoms. The molecule has 4 rings (SSSR count). The molecule has 0 aromatic heterocycles. The summed E-state index contributed by atoms with van der Waals surface area (Å²) < 4.78 is 42.9. The fraction of sp³-hybridized carbons (Fsp3) is 0.429. The van der Waals surface area contributed by atoms with Crippen LogP contribution in [0.25, 0.3) is 0 Å². The number of aliphatic hydroxyl groups excluding tert-OH is 1. The highest BCUT2D eigenvalue weighted by atomic mass is 32.2. The summed E-state index contributed by atoms with van der Waals surface area (Å²) in [5, 5.41) is 20.0. The van der Waals surface area contributed by atoms with Gasteiger partial charge in [0, 0.05) is 30.6 Å². The Balaban J connectivity index is 1.43. The van der Waals surface area contributed by atoms with Gasteiger partial charge in [-0.3, -0.25) is 14.9 Å². The van der Waals surface area contributed by atoms with Crippen LogP contribution in [0, 0.1) is 11.7 Å². The Hall–Kier alpha value is -3.49. The molecule has 2 atom stereocenters. The fourth-order valence-corrected chi connectivity index (χ4v) is 8.19. The lowest BCUT2D eigenvalue weighted by molar-refractivity contribution is -0.126. The van der Waals surface area contributed by atoms with E-state index in [0.717, 1.165) is 22.0 Å². The van der Waals surface area contributed by atoms with Crippen LogP contribution in [0.15, 0.2) is 82.6 Å². The minimum atomic E-state index is -3.98. The van der Waals surface area contributed by atoms with Gasteiger partial charge in [0.2, 0.25) is 21.8 Å². The maximum atomic E-state index is 13.9. The average Bonchev–Trinajstić information content (AvgIpc) is 3.42. The normalized spacial score (nSPS) is 14.6. The maximum Gasteiger partial charge on any atom is 0.243 e. The number of thioether (sulfide) groups is 1. The van der Waals surface area contributed by atoms with Crippen LogP contribution < -0.4 is 20.9 Å². The molecule has 0 fully saturated rings. The molecule has 3 aromatic carbocycles. The van der Waals surface area contributed by atoms with E-state index in [0.29, 0.717) is 5.56 Å². The molecule has 1 aliphatic heterocycles. The van der Waals surface area contributed by atoms with Crippen LogP contribution in [0.5, 0.6) is 0 Å². The fourth-order valence-electron chi connectivity index (χ4n) is 5.42. The van der Waals surface area contributed by atoms with Gasteiger partial charge in [0.15, 0.2) is 0 Å². The van der Waals surface area contributed by atoms with E-state index in [-0.39, 0.29) is 49.2 Å². The minimum Gasteiger partial charge on any atom is -0.390 e. The van der Waals surface area contributed by atoms with Crippen molar-refractivity contribution in [3.8, 4) is 0 Å². The van der Waals surface area contributed by atoms with Crippen molar-refractivity contribution in [1.29, 1.82) is 0 Å². The van der Waals surface area contributed by atoms with E-state index in [2.05, 4.69) is 20.9 Å². The van der Waals surface area contributed by atoms with Crippen LogP contribution >= 0.6 is 11.8 Å². The Bertz CT molecular complexity index is 1670. The zero-order valence-corrected chi connectivity index (χ0v) is 29.7. The summed E-state index contributed by atoms with van der Waals surface area (Å²) in [6.45, 7) is 6.91.